The highest BCUT2D eigenvalue weighted by Gasteiger charge is 2.42. The first-order chi connectivity index (χ1) is 40.4. The third-order valence-electron chi connectivity index (χ3n) is 23.4. The van der Waals surface area contributed by atoms with E-state index in [2.05, 4.69) is 134 Å². The average Bonchev–Trinajstić information content (AvgIpc) is 4.25. The van der Waals surface area contributed by atoms with Gasteiger partial charge in [0.1, 0.15) is 0 Å². The SMILES string of the molecule is C1=CC2CC3=C4C=C2CC2=C1CC1C=CC5=C(C=C6CC7=C(CC(C=C3)C(=C7)C4)c3nc4cc7nc8c(nc7cc4nc3C6C5)C3=C4C=C5CC6=C(C=CC5C3)CC3C=CC5=C(C=C7CC9=C(C=CC7C5)CC8C(=C9)C4)CC3=C6)CC1=C2. The summed E-state index contributed by atoms with van der Waals surface area (Å²) in [6.07, 6.45) is 68.0. The van der Waals surface area contributed by atoms with Crippen LogP contribution in [-0.4, -0.2) is 19.9 Å². The topological polar surface area (TPSA) is 51.6 Å². The lowest BCUT2D eigenvalue weighted by Gasteiger charge is -2.29. The summed E-state index contributed by atoms with van der Waals surface area (Å²) in [4.78, 5) is 23.7. The fourth-order valence-corrected chi connectivity index (χ4v) is 19.0. The van der Waals surface area contributed by atoms with Crippen LogP contribution in [0.3, 0.4) is 0 Å². The summed E-state index contributed by atoms with van der Waals surface area (Å²) < 4.78 is 0. The van der Waals surface area contributed by atoms with Gasteiger partial charge in [0, 0.05) is 47.3 Å². The van der Waals surface area contributed by atoms with Gasteiger partial charge in [0.2, 0.25) is 0 Å². The molecule has 0 saturated carbocycles. The summed E-state index contributed by atoms with van der Waals surface area (Å²) >= 11 is 0. The molecule has 0 spiro atoms. The largest absolute Gasteiger partial charge is 0.248 e. The fraction of sp³-hybridized carbons (Fsp3) is 0.308. The Morgan fingerprint density at radius 3 is 0.829 bits per heavy atom. The van der Waals surface area contributed by atoms with Crippen LogP contribution in [0.15, 0.2) is 256 Å². The summed E-state index contributed by atoms with van der Waals surface area (Å²) in [5.74, 6) is 2.77. The lowest BCUT2D eigenvalue weighted by molar-refractivity contribution is 0.697. The third-order valence-corrected chi connectivity index (χ3v) is 23.4. The van der Waals surface area contributed by atoms with Crippen LogP contribution in [0, 0.1) is 35.5 Å². The molecule has 21 rings (SSSR count). The van der Waals surface area contributed by atoms with Gasteiger partial charge in [0.15, 0.2) is 0 Å². The Bertz CT molecular complexity index is 4280. The molecule has 18 aliphatic rings. The molecule has 8 unspecified atom stereocenters. The Hall–Kier alpha value is -7.82. The van der Waals surface area contributed by atoms with Crippen molar-refractivity contribution < 1.29 is 0 Å². The van der Waals surface area contributed by atoms with Crippen molar-refractivity contribution in [3.63, 3.8) is 0 Å². The maximum absolute atomic E-state index is 5.93. The second kappa shape index (κ2) is 16.0. The zero-order chi connectivity index (χ0) is 52.8. The molecule has 0 saturated heterocycles. The molecule has 0 amide bonds. The van der Waals surface area contributed by atoms with Crippen molar-refractivity contribution in [1.29, 1.82) is 0 Å². The molecular weight excluding hydrogens is 993 g/mol. The van der Waals surface area contributed by atoms with E-state index >= 15 is 0 Å². The van der Waals surface area contributed by atoms with Gasteiger partial charge in [-0.05, 0) is 204 Å². The van der Waals surface area contributed by atoms with Gasteiger partial charge in [0.25, 0.3) is 0 Å². The monoisotopic (exact) mass is 1050 g/mol. The first-order valence-corrected chi connectivity index (χ1v) is 31.4. The molecule has 4 heteroatoms. The normalized spacial score (nSPS) is 32.0. The van der Waals surface area contributed by atoms with E-state index in [1.165, 1.54) is 66.9 Å². The number of nitrogens with zero attached hydrogens (tertiary/aromatic N) is 4. The second-order valence-electron chi connectivity index (χ2n) is 27.8. The van der Waals surface area contributed by atoms with E-state index in [4.69, 9.17) is 19.9 Å². The first kappa shape index (κ1) is 44.8. The molecule has 4 nitrogen and oxygen atoms in total. The van der Waals surface area contributed by atoms with Crippen molar-refractivity contribution in [2.45, 2.75) is 115 Å². The molecule has 1 aromatic carbocycles. The Labute approximate surface area is 479 Å². The van der Waals surface area contributed by atoms with E-state index in [9.17, 15) is 0 Å². The van der Waals surface area contributed by atoms with Crippen molar-refractivity contribution in [3.05, 3.63) is 279 Å². The lowest BCUT2D eigenvalue weighted by Crippen LogP contribution is -2.15. The highest BCUT2D eigenvalue weighted by atomic mass is 14.9. The van der Waals surface area contributed by atoms with Crippen LogP contribution < -0.4 is 0 Å². The smallest absolute Gasteiger partial charge is 0.0917 e. The maximum atomic E-state index is 5.93. The van der Waals surface area contributed by atoms with Crippen molar-refractivity contribution in [2.75, 3.05) is 0 Å². The Morgan fingerprint density at radius 2 is 0.500 bits per heavy atom. The van der Waals surface area contributed by atoms with E-state index in [0.717, 1.165) is 148 Å². The Morgan fingerprint density at radius 1 is 0.244 bits per heavy atom. The fourth-order valence-electron chi connectivity index (χ4n) is 19.0. The third kappa shape index (κ3) is 6.45. The van der Waals surface area contributed by atoms with Crippen LogP contribution in [0.2, 0.25) is 0 Å². The molecule has 3 aromatic rings. The van der Waals surface area contributed by atoms with E-state index in [0.29, 0.717) is 35.5 Å². The number of rotatable bonds is 0. The molecule has 18 aliphatic carbocycles. The molecule has 16 bridgehead atoms. The standard InChI is InChI=1S/C78H62N4/c1-2-40-14-44-6-10-48-34-68-64-28-60(48)24-56(44)20-52(40)17-51-19-55-23-59-27-63(31-64)67(33-47(59)9-5-43(55)13-39(1)51)75-76(68)80-72-38-74-73(37-71(72)79-75)81-77-69-35-49-11-7-45-15-41-3-4-42-16-46-8-12-50-36-70(78(77)82-74)66-30-62(50)26-58(46)22-54(42)18-53(41)21-57(45)25-61(49)29-65(69)32-66/h1-12,19-22,27-30,37-39,42,44-45,47,50,68-69H,13-18,23-26,31-36H2. The number of hydrogen-bond donors (Lipinski definition) is 0. The van der Waals surface area contributed by atoms with Crippen LogP contribution in [0.1, 0.15) is 137 Å². The van der Waals surface area contributed by atoms with Gasteiger partial charge in [-0.1, -0.05) is 166 Å². The number of aromatic nitrogens is 4. The van der Waals surface area contributed by atoms with Crippen molar-refractivity contribution >= 4 is 33.2 Å². The van der Waals surface area contributed by atoms with Gasteiger partial charge in [-0.25, -0.2) is 19.9 Å². The number of allylic oxidation sites excluding steroid dienone is 44. The first-order valence-electron chi connectivity index (χ1n) is 31.4. The van der Waals surface area contributed by atoms with E-state index in [1.54, 1.807) is 66.9 Å². The van der Waals surface area contributed by atoms with E-state index < -0.39 is 0 Å². The molecule has 0 aliphatic heterocycles. The Balaban J connectivity index is 0.743. The molecule has 2 aromatic heterocycles. The Kier molecular flexibility index (Phi) is 8.76. The molecule has 394 valence electrons. The van der Waals surface area contributed by atoms with Crippen molar-refractivity contribution in [1.82, 2.24) is 19.9 Å². The summed E-state index contributed by atoms with van der Waals surface area (Å²) in [6.45, 7) is 0. The molecular formula is C78H62N4. The molecule has 0 N–H and O–H groups in total. The van der Waals surface area contributed by atoms with Crippen LogP contribution in [-0.2, 0) is 0 Å². The highest BCUT2D eigenvalue weighted by Crippen LogP contribution is 2.57. The predicted octanol–water partition coefficient (Wildman–Crippen LogP) is 18.0. The van der Waals surface area contributed by atoms with Crippen molar-refractivity contribution in [2.24, 2.45) is 35.5 Å². The minimum absolute atomic E-state index is 0.151. The lowest BCUT2D eigenvalue weighted by atomic mass is 9.76. The maximum Gasteiger partial charge on any atom is 0.0917 e. The molecule has 82 heavy (non-hydrogen) atoms. The number of fused-ring (bicyclic) bond motifs is 8. The van der Waals surface area contributed by atoms with E-state index in [1.807, 2.05) is 0 Å². The van der Waals surface area contributed by atoms with Crippen LogP contribution >= 0.6 is 0 Å². The number of hydrogen-bond acceptors (Lipinski definition) is 4. The quantitative estimate of drug-likeness (QED) is 0.211. The summed E-state index contributed by atoms with van der Waals surface area (Å²) in [5, 5.41) is 0. The van der Waals surface area contributed by atoms with Gasteiger partial charge < -0.3 is 0 Å². The number of benzene rings is 1. The summed E-state index contributed by atoms with van der Waals surface area (Å²) in [7, 11) is 0. The molecule has 2 heterocycles. The van der Waals surface area contributed by atoms with Gasteiger partial charge in [-0.15, -0.1) is 0 Å². The van der Waals surface area contributed by atoms with Crippen LogP contribution in [0.4, 0.5) is 0 Å². The molecule has 0 fully saturated rings. The average molecular weight is 1060 g/mol. The highest BCUT2D eigenvalue weighted by molar-refractivity contribution is 5.94. The minimum Gasteiger partial charge on any atom is -0.248 e. The predicted molar refractivity (Wildman–Crippen MR) is 328 cm³/mol. The van der Waals surface area contributed by atoms with Gasteiger partial charge in [-0.3, -0.25) is 0 Å². The van der Waals surface area contributed by atoms with E-state index in [-0.39, 0.29) is 11.8 Å². The minimum atomic E-state index is 0.151. The van der Waals surface area contributed by atoms with Gasteiger partial charge >= 0.3 is 0 Å². The molecule has 0 radical (unpaired) electrons. The summed E-state index contributed by atoms with van der Waals surface area (Å²) in [5.41, 5.74) is 44.9. The zero-order valence-corrected chi connectivity index (χ0v) is 46.4. The summed E-state index contributed by atoms with van der Waals surface area (Å²) in [6, 6.07) is 4.56. The molecule has 8 atom stereocenters. The second-order valence-corrected chi connectivity index (χ2v) is 27.8. The van der Waals surface area contributed by atoms with Gasteiger partial charge in [0.05, 0.1) is 44.8 Å². The zero-order valence-electron chi connectivity index (χ0n) is 46.4. The van der Waals surface area contributed by atoms with Gasteiger partial charge in [-0.2, -0.15) is 0 Å². The van der Waals surface area contributed by atoms with Crippen LogP contribution in [0.5, 0.6) is 0 Å². The van der Waals surface area contributed by atoms with Crippen molar-refractivity contribution in [3.8, 4) is 0 Å². The van der Waals surface area contributed by atoms with Crippen LogP contribution in [0.25, 0.3) is 33.2 Å².